The number of carbonyl (C=O) groups excluding carboxylic acids is 1. The first-order valence-corrected chi connectivity index (χ1v) is 11.6. The van der Waals surface area contributed by atoms with Crippen molar-refractivity contribution in [2.75, 3.05) is 19.8 Å². The highest BCUT2D eigenvalue weighted by Gasteiger charge is 2.58. The predicted octanol–water partition coefficient (Wildman–Crippen LogP) is -8.25. The molecule has 19 heteroatoms. The Morgan fingerprint density at radius 3 is 1.79 bits per heavy atom. The average Bonchev–Trinajstić information content (AvgIpc) is 2.89. The Bertz CT molecular complexity index is 797. The summed E-state index contributed by atoms with van der Waals surface area (Å²) in [6.07, 6.45) is -19.2. The number of amides is 1. The van der Waals surface area contributed by atoms with Crippen molar-refractivity contribution in [2.24, 2.45) is 22.9 Å². The smallest absolute Gasteiger partial charge is 0.407 e. The molecule has 3 fully saturated rings. The molecule has 0 radical (unpaired) electrons. The van der Waals surface area contributed by atoms with E-state index in [1.165, 1.54) is 0 Å². The number of rotatable bonds is 8. The van der Waals surface area contributed by atoms with Crippen LogP contribution in [0.1, 0.15) is 0 Å². The van der Waals surface area contributed by atoms with Crippen molar-refractivity contribution in [1.29, 1.82) is 0 Å². The molecule has 15 atom stereocenters. The minimum absolute atomic E-state index is 0.698. The molecule has 0 aliphatic carbocycles. The quantitative estimate of drug-likeness (QED) is 0.131. The van der Waals surface area contributed by atoms with Gasteiger partial charge in [0.1, 0.15) is 55.4 Å². The molecule has 1 amide bonds. The first-order chi connectivity index (χ1) is 17.8. The number of aliphatic hydroxyl groups excluding tert-OH is 8. The van der Waals surface area contributed by atoms with Crippen LogP contribution >= 0.6 is 0 Å². The normalized spacial score (nSPS) is 50.0. The van der Waals surface area contributed by atoms with Crippen LogP contribution < -0.4 is 22.9 Å². The molecule has 0 aromatic heterocycles. The maximum Gasteiger partial charge on any atom is 0.407 e. The Morgan fingerprint density at radius 2 is 1.26 bits per heavy atom. The van der Waals surface area contributed by atoms with Gasteiger partial charge in [0, 0.05) is 0 Å². The lowest BCUT2D eigenvalue weighted by Gasteiger charge is -2.50. The van der Waals surface area contributed by atoms with Crippen molar-refractivity contribution in [2.45, 2.75) is 91.6 Å². The summed E-state index contributed by atoms with van der Waals surface area (Å²) in [5.74, 6) is -2.59. The second-order valence-electron chi connectivity index (χ2n) is 9.20. The summed E-state index contributed by atoms with van der Waals surface area (Å²) in [6, 6.07) is -4.30. The zero-order chi connectivity index (χ0) is 28.5. The van der Waals surface area contributed by atoms with E-state index in [9.17, 15) is 45.6 Å². The van der Waals surface area contributed by atoms with E-state index in [0.29, 0.717) is 0 Å². The van der Waals surface area contributed by atoms with Crippen LogP contribution in [0.5, 0.6) is 0 Å². The molecule has 0 aromatic rings. The van der Waals surface area contributed by atoms with Gasteiger partial charge in [0.2, 0.25) is 0 Å². The monoisotopic (exact) mass is 560 g/mol. The Kier molecular flexibility index (Phi) is 10.2. The third-order valence-electron chi connectivity index (χ3n) is 6.70. The van der Waals surface area contributed by atoms with E-state index in [1.807, 2.05) is 0 Å². The SMILES string of the molecule is NC(=O)O[C@@]1(CO)O[C@H](OC2[C@@H](CO)O[C@@H](OC3[C@@H](CO)O[C@@H](O)[C@H](N)[C@H]3O)[C@H](N)[C@H]2O)[C@H](N)[C@@H](O)[C@@H]1O. The van der Waals surface area contributed by atoms with E-state index >= 15 is 0 Å². The number of aliphatic hydroxyl groups is 8. The summed E-state index contributed by atoms with van der Waals surface area (Å²) in [6.45, 7) is -2.69. The number of primary amides is 1. The van der Waals surface area contributed by atoms with Crippen LogP contribution in [0.3, 0.4) is 0 Å². The van der Waals surface area contributed by atoms with Gasteiger partial charge in [-0.05, 0) is 0 Å². The van der Waals surface area contributed by atoms with E-state index in [2.05, 4.69) is 4.74 Å². The van der Waals surface area contributed by atoms with Gasteiger partial charge in [-0.3, -0.25) is 0 Å². The van der Waals surface area contributed by atoms with Crippen LogP contribution in [-0.4, -0.2) is 158 Å². The molecule has 3 rings (SSSR count). The molecule has 3 saturated heterocycles. The highest BCUT2D eigenvalue weighted by molar-refractivity contribution is 5.65. The second kappa shape index (κ2) is 12.4. The average molecular weight is 561 g/mol. The molecular weight excluding hydrogens is 524 g/mol. The molecular formula is C19H36N4O15. The first-order valence-electron chi connectivity index (χ1n) is 11.6. The van der Waals surface area contributed by atoms with E-state index in [1.54, 1.807) is 0 Å². The summed E-state index contributed by atoms with van der Waals surface area (Å²) in [5.41, 5.74) is 22.6. The van der Waals surface area contributed by atoms with Gasteiger partial charge in [0.15, 0.2) is 18.9 Å². The number of hydrogen-bond donors (Lipinski definition) is 12. The summed E-state index contributed by atoms with van der Waals surface area (Å²) in [5, 5.41) is 80.9. The van der Waals surface area contributed by atoms with E-state index < -0.39 is 118 Å². The minimum atomic E-state index is -2.59. The molecule has 2 unspecified atom stereocenters. The lowest BCUT2D eigenvalue weighted by atomic mass is 9.93. The third-order valence-corrected chi connectivity index (χ3v) is 6.70. The Morgan fingerprint density at radius 1 is 0.763 bits per heavy atom. The first kappa shape index (κ1) is 31.2. The fourth-order valence-corrected chi connectivity index (χ4v) is 4.47. The van der Waals surface area contributed by atoms with Gasteiger partial charge in [0.25, 0.3) is 5.79 Å². The molecule has 0 saturated carbocycles. The van der Waals surface area contributed by atoms with Crippen molar-refractivity contribution in [1.82, 2.24) is 0 Å². The summed E-state index contributed by atoms with van der Waals surface area (Å²) in [7, 11) is 0. The van der Waals surface area contributed by atoms with Gasteiger partial charge in [-0.1, -0.05) is 0 Å². The van der Waals surface area contributed by atoms with Crippen LogP contribution in [-0.2, 0) is 28.4 Å². The maximum absolute atomic E-state index is 11.3. The number of ether oxygens (including phenoxy) is 6. The van der Waals surface area contributed by atoms with Crippen molar-refractivity contribution in [3.05, 3.63) is 0 Å². The van der Waals surface area contributed by atoms with Crippen LogP contribution in [0.2, 0.25) is 0 Å². The van der Waals surface area contributed by atoms with Gasteiger partial charge in [-0.2, -0.15) is 0 Å². The van der Waals surface area contributed by atoms with Gasteiger partial charge < -0.3 is 92.2 Å². The number of carbonyl (C=O) groups is 1. The van der Waals surface area contributed by atoms with Crippen LogP contribution in [0.4, 0.5) is 4.79 Å². The fourth-order valence-electron chi connectivity index (χ4n) is 4.47. The van der Waals surface area contributed by atoms with Crippen molar-refractivity contribution in [3.63, 3.8) is 0 Å². The molecule has 222 valence electrons. The van der Waals surface area contributed by atoms with Crippen LogP contribution in [0, 0.1) is 0 Å². The topological polar surface area (TPSA) is 338 Å². The largest absolute Gasteiger partial charge is 0.411 e. The van der Waals surface area contributed by atoms with E-state index in [0.717, 1.165) is 0 Å². The van der Waals surface area contributed by atoms with E-state index in [4.69, 9.17) is 46.6 Å². The minimum Gasteiger partial charge on any atom is -0.411 e. The number of hydrogen-bond acceptors (Lipinski definition) is 18. The molecule has 3 aliphatic rings. The highest BCUT2D eigenvalue weighted by Crippen LogP contribution is 2.34. The molecule has 38 heavy (non-hydrogen) atoms. The molecule has 19 nitrogen and oxygen atoms in total. The van der Waals surface area contributed by atoms with Gasteiger partial charge in [0.05, 0.1) is 31.3 Å². The maximum atomic E-state index is 11.3. The zero-order valence-corrected chi connectivity index (χ0v) is 19.9. The van der Waals surface area contributed by atoms with Crippen molar-refractivity contribution < 1.29 is 74.1 Å². The molecule has 3 heterocycles. The van der Waals surface area contributed by atoms with Crippen molar-refractivity contribution >= 4 is 6.09 Å². The van der Waals surface area contributed by atoms with Crippen LogP contribution in [0.15, 0.2) is 0 Å². The van der Waals surface area contributed by atoms with Gasteiger partial charge in [-0.25, -0.2) is 4.79 Å². The third kappa shape index (κ3) is 5.88. The lowest BCUT2D eigenvalue weighted by molar-refractivity contribution is -0.396. The lowest BCUT2D eigenvalue weighted by Crippen LogP contribution is -2.72. The standard InChI is InChI=1S/C19H36N4O15/c20-6-9(27)12(4(1-24)33-15(6)31)35-16-7(21)10(28)13(5(2-25)34-16)36-17-8(22)11(29)14(30)19(3-26,37-17)38-18(23)32/h4-17,24-31H,1-3,20-22H2,(H2,23,32)/t4-,5-,6-,7-,8-,9-,10-,11-,12?,13?,14+,15-,16+,17+,19-/m1/s1. The molecule has 0 spiro atoms. The summed E-state index contributed by atoms with van der Waals surface area (Å²) >= 11 is 0. The molecule has 0 bridgehead atoms. The zero-order valence-electron chi connectivity index (χ0n) is 19.9. The fraction of sp³-hybridized carbons (Fsp3) is 0.947. The molecule has 0 aromatic carbocycles. The Labute approximate surface area is 215 Å². The van der Waals surface area contributed by atoms with Crippen molar-refractivity contribution in [3.8, 4) is 0 Å². The molecule has 3 aliphatic heterocycles. The second-order valence-corrected chi connectivity index (χ2v) is 9.20. The highest BCUT2D eigenvalue weighted by atomic mass is 16.8. The summed E-state index contributed by atoms with van der Waals surface area (Å²) < 4.78 is 32.0. The Hall–Kier alpha value is -1.37. The predicted molar refractivity (Wildman–Crippen MR) is 117 cm³/mol. The Balaban J connectivity index is 1.78. The van der Waals surface area contributed by atoms with Crippen LogP contribution in [0.25, 0.3) is 0 Å². The van der Waals surface area contributed by atoms with Gasteiger partial charge >= 0.3 is 6.09 Å². The summed E-state index contributed by atoms with van der Waals surface area (Å²) in [4.78, 5) is 11.3. The molecule has 16 N–H and O–H groups in total. The van der Waals surface area contributed by atoms with E-state index in [-0.39, 0.29) is 0 Å². The number of nitrogens with two attached hydrogens (primary N) is 4. The van der Waals surface area contributed by atoms with Gasteiger partial charge in [-0.15, -0.1) is 0 Å².